The third-order valence-electron chi connectivity index (χ3n) is 4.62. The number of hydrogen-bond donors (Lipinski definition) is 2. The van der Waals surface area contributed by atoms with Gasteiger partial charge in [-0.25, -0.2) is 9.97 Å². The molecule has 6 heteroatoms. The van der Waals surface area contributed by atoms with E-state index in [2.05, 4.69) is 15.3 Å². The Balaban J connectivity index is 1.61. The average Bonchev–Trinajstić information content (AvgIpc) is 2.79. The van der Waals surface area contributed by atoms with Crippen molar-refractivity contribution in [2.45, 2.75) is 6.54 Å². The molecule has 0 saturated heterocycles. The molecule has 1 aliphatic rings. The largest absolute Gasteiger partial charge is 0.872 e. The zero-order valence-electron chi connectivity index (χ0n) is 16.0. The molecular weight excluding hydrogens is 396 g/mol. The van der Waals surface area contributed by atoms with Crippen molar-refractivity contribution in [1.82, 2.24) is 9.97 Å². The SMILES string of the molecule is N=C1C=CC(c2ccnc(NCc3ccccc3)n2)=C/C1=C(/[O-])c1ccc(Cl)cc1. The van der Waals surface area contributed by atoms with Crippen molar-refractivity contribution in [3.8, 4) is 0 Å². The van der Waals surface area contributed by atoms with E-state index in [1.807, 2.05) is 30.3 Å². The van der Waals surface area contributed by atoms with Crippen LogP contribution in [0.1, 0.15) is 16.8 Å². The Morgan fingerprint density at radius 3 is 2.53 bits per heavy atom. The van der Waals surface area contributed by atoms with Gasteiger partial charge in [-0.05, 0) is 47.1 Å². The van der Waals surface area contributed by atoms with Gasteiger partial charge in [0.15, 0.2) is 0 Å². The molecule has 1 aliphatic carbocycles. The fourth-order valence-corrected chi connectivity index (χ4v) is 3.16. The standard InChI is InChI=1S/C24H19ClN4O/c25-19-9-6-17(7-10-19)23(30)20-14-18(8-11-21(20)26)22-12-13-27-24(29-22)28-15-16-4-2-1-3-5-16/h1-14,26,30H,15H2,(H,27,28,29)/p-1/b23-20-,26-21?. The number of nitrogens with one attached hydrogen (secondary N) is 2. The number of rotatable bonds is 5. The Morgan fingerprint density at radius 2 is 1.77 bits per heavy atom. The Labute approximate surface area is 179 Å². The van der Waals surface area contributed by atoms with Gasteiger partial charge in [0.2, 0.25) is 5.95 Å². The predicted octanol–water partition coefficient (Wildman–Crippen LogP) is 4.49. The fraction of sp³-hybridized carbons (Fsp3) is 0.0417. The molecule has 30 heavy (non-hydrogen) atoms. The first-order chi connectivity index (χ1) is 14.6. The van der Waals surface area contributed by atoms with E-state index < -0.39 is 0 Å². The third-order valence-corrected chi connectivity index (χ3v) is 4.87. The van der Waals surface area contributed by atoms with Gasteiger partial charge in [-0.3, -0.25) is 0 Å². The van der Waals surface area contributed by atoms with Crippen LogP contribution in [-0.4, -0.2) is 15.7 Å². The minimum atomic E-state index is -0.227. The van der Waals surface area contributed by atoms with Crippen LogP contribution in [0.15, 0.2) is 90.7 Å². The van der Waals surface area contributed by atoms with E-state index in [1.54, 1.807) is 54.8 Å². The van der Waals surface area contributed by atoms with E-state index in [0.717, 1.165) is 11.1 Å². The molecule has 0 aliphatic heterocycles. The van der Waals surface area contributed by atoms with Crippen LogP contribution in [-0.2, 0) is 6.54 Å². The maximum Gasteiger partial charge on any atom is 0.223 e. The summed E-state index contributed by atoms with van der Waals surface area (Å²) in [6.45, 7) is 0.607. The minimum absolute atomic E-state index is 0.162. The van der Waals surface area contributed by atoms with E-state index in [4.69, 9.17) is 17.0 Å². The lowest BCUT2D eigenvalue weighted by Crippen LogP contribution is -2.12. The van der Waals surface area contributed by atoms with Gasteiger partial charge in [-0.15, -0.1) is 0 Å². The number of hydrogen-bond acceptors (Lipinski definition) is 5. The molecule has 3 aromatic rings. The van der Waals surface area contributed by atoms with Crippen LogP contribution in [0.3, 0.4) is 0 Å². The molecule has 0 amide bonds. The molecule has 4 rings (SSSR count). The van der Waals surface area contributed by atoms with Crippen molar-refractivity contribution < 1.29 is 5.11 Å². The second-order valence-electron chi connectivity index (χ2n) is 6.70. The smallest absolute Gasteiger partial charge is 0.223 e. The molecule has 2 aromatic carbocycles. The number of benzene rings is 2. The topological polar surface area (TPSA) is 84.7 Å². The lowest BCUT2D eigenvalue weighted by molar-refractivity contribution is -0.244. The molecular formula is C24H18ClN4O-. The third kappa shape index (κ3) is 4.47. The molecule has 5 nitrogen and oxygen atoms in total. The Morgan fingerprint density at radius 1 is 1.00 bits per heavy atom. The van der Waals surface area contributed by atoms with E-state index in [0.29, 0.717) is 34.3 Å². The summed E-state index contributed by atoms with van der Waals surface area (Å²) in [5.41, 5.74) is 3.50. The molecule has 0 fully saturated rings. The van der Waals surface area contributed by atoms with Crippen LogP contribution in [0.2, 0.25) is 5.02 Å². The second-order valence-corrected chi connectivity index (χ2v) is 7.14. The number of nitrogens with zero attached hydrogens (tertiary/aromatic N) is 2. The van der Waals surface area contributed by atoms with Crippen molar-refractivity contribution in [2.24, 2.45) is 0 Å². The van der Waals surface area contributed by atoms with Gasteiger partial charge in [-0.1, -0.05) is 65.9 Å². The van der Waals surface area contributed by atoms with E-state index in [1.165, 1.54) is 0 Å². The summed E-state index contributed by atoms with van der Waals surface area (Å²) in [5, 5.41) is 24.8. The maximum atomic E-state index is 12.9. The zero-order chi connectivity index (χ0) is 20.9. The molecule has 2 N–H and O–H groups in total. The molecule has 0 unspecified atom stereocenters. The van der Waals surface area contributed by atoms with Crippen LogP contribution >= 0.6 is 11.6 Å². The van der Waals surface area contributed by atoms with Crippen molar-refractivity contribution in [3.63, 3.8) is 0 Å². The summed E-state index contributed by atoms with van der Waals surface area (Å²) >= 11 is 5.91. The molecule has 0 bridgehead atoms. The highest BCUT2D eigenvalue weighted by molar-refractivity contribution is 6.30. The fourth-order valence-electron chi connectivity index (χ4n) is 3.03. The van der Waals surface area contributed by atoms with Gasteiger partial charge < -0.3 is 15.8 Å². The Hall–Kier alpha value is -3.70. The summed E-state index contributed by atoms with van der Waals surface area (Å²) < 4.78 is 0. The first kappa shape index (κ1) is 19.6. The summed E-state index contributed by atoms with van der Waals surface area (Å²) in [7, 11) is 0. The number of aromatic nitrogens is 2. The highest BCUT2D eigenvalue weighted by atomic mass is 35.5. The highest BCUT2D eigenvalue weighted by Gasteiger charge is 2.12. The van der Waals surface area contributed by atoms with Crippen molar-refractivity contribution in [1.29, 1.82) is 5.41 Å². The van der Waals surface area contributed by atoms with E-state index >= 15 is 0 Å². The summed E-state index contributed by atoms with van der Waals surface area (Å²) in [5.74, 6) is 0.270. The second kappa shape index (κ2) is 8.76. The lowest BCUT2D eigenvalue weighted by Gasteiger charge is -2.20. The normalized spacial score (nSPS) is 15.0. The van der Waals surface area contributed by atoms with Crippen LogP contribution < -0.4 is 10.4 Å². The molecule has 0 spiro atoms. The highest BCUT2D eigenvalue weighted by Crippen LogP contribution is 2.26. The molecule has 148 valence electrons. The Kier molecular flexibility index (Phi) is 5.72. The van der Waals surface area contributed by atoms with Gasteiger partial charge in [0.1, 0.15) is 0 Å². The number of halogens is 1. The molecule has 0 atom stereocenters. The molecule has 1 heterocycles. The summed E-state index contributed by atoms with van der Waals surface area (Å²) in [6, 6.07) is 18.4. The minimum Gasteiger partial charge on any atom is -0.872 e. The molecule has 0 radical (unpaired) electrons. The van der Waals surface area contributed by atoms with Crippen LogP contribution in [0.5, 0.6) is 0 Å². The van der Waals surface area contributed by atoms with Crippen molar-refractivity contribution in [3.05, 3.63) is 113 Å². The van der Waals surface area contributed by atoms with E-state index in [-0.39, 0.29) is 11.5 Å². The van der Waals surface area contributed by atoms with Crippen LogP contribution in [0.25, 0.3) is 11.3 Å². The van der Waals surface area contributed by atoms with Gasteiger partial charge in [0.25, 0.3) is 0 Å². The van der Waals surface area contributed by atoms with E-state index in [9.17, 15) is 5.11 Å². The predicted molar refractivity (Wildman–Crippen MR) is 119 cm³/mol. The monoisotopic (exact) mass is 413 g/mol. The summed E-state index contributed by atoms with van der Waals surface area (Å²) in [4.78, 5) is 8.83. The Bertz CT molecular complexity index is 1170. The van der Waals surface area contributed by atoms with Gasteiger partial charge in [0.05, 0.1) is 11.4 Å². The number of anilines is 1. The van der Waals surface area contributed by atoms with Crippen molar-refractivity contribution in [2.75, 3.05) is 5.32 Å². The molecule has 1 aromatic heterocycles. The molecule has 0 saturated carbocycles. The summed E-state index contributed by atoms with van der Waals surface area (Å²) in [6.07, 6.45) is 6.76. The average molecular weight is 414 g/mol. The van der Waals surface area contributed by atoms with Gasteiger partial charge in [-0.2, -0.15) is 0 Å². The zero-order valence-corrected chi connectivity index (χ0v) is 16.7. The lowest BCUT2D eigenvalue weighted by atomic mass is 9.95. The number of allylic oxidation sites excluding steroid dienone is 5. The van der Waals surface area contributed by atoms with Crippen molar-refractivity contribution >= 4 is 34.6 Å². The van der Waals surface area contributed by atoms with Gasteiger partial charge in [0, 0.05) is 23.3 Å². The first-order valence-corrected chi connectivity index (χ1v) is 9.75. The first-order valence-electron chi connectivity index (χ1n) is 9.37. The maximum absolute atomic E-state index is 12.9. The quantitative estimate of drug-likeness (QED) is 0.603. The van der Waals surface area contributed by atoms with Crippen LogP contribution in [0, 0.1) is 5.41 Å². The van der Waals surface area contributed by atoms with Crippen LogP contribution in [0.4, 0.5) is 5.95 Å². The van der Waals surface area contributed by atoms with Gasteiger partial charge >= 0.3 is 0 Å².